The molecular weight excluding hydrogens is 162 g/mol. The number of aryl methyl sites for hydroxylation is 1. The van der Waals surface area contributed by atoms with Gasteiger partial charge in [0.05, 0.1) is 0 Å². The fourth-order valence-corrected chi connectivity index (χ4v) is 1.56. The minimum atomic E-state index is -0.126. The van der Waals surface area contributed by atoms with Crippen LogP contribution in [0.25, 0.3) is 4.96 Å². The van der Waals surface area contributed by atoms with Gasteiger partial charge < -0.3 is 0 Å². The lowest BCUT2D eigenvalue weighted by molar-refractivity contribution is 0.881. The lowest BCUT2D eigenvalue weighted by Crippen LogP contribution is -2.12. The molecule has 2 rings (SSSR count). The molecule has 0 fully saturated rings. The molecule has 0 aromatic carbocycles. The summed E-state index contributed by atoms with van der Waals surface area (Å²) in [5.74, 6) is 0. The van der Waals surface area contributed by atoms with Gasteiger partial charge in [0.25, 0.3) is 5.56 Å². The first-order chi connectivity index (χ1) is 5.27. The van der Waals surface area contributed by atoms with Crippen LogP contribution < -0.4 is 5.56 Å². The summed E-state index contributed by atoms with van der Waals surface area (Å²) >= 11 is 1.41. The average Bonchev–Trinajstić information content (AvgIpc) is 2.31. The molecule has 0 amide bonds. The van der Waals surface area contributed by atoms with Gasteiger partial charge in [0, 0.05) is 12.3 Å². The number of hydrogen-bond acceptors (Lipinski definition) is 4. The highest BCUT2D eigenvalue weighted by Crippen LogP contribution is 2.07. The van der Waals surface area contributed by atoms with E-state index in [0.29, 0.717) is 4.96 Å². The van der Waals surface area contributed by atoms with Crippen LogP contribution in [0.2, 0.25) is 0 Å². The summed E-state index contributed by atoms with van der Waals surface area (Å²) in [6.07, 6.45) is 1.50. The molecule has 0 radical (unpaired) electrons. The Labute approximate surface area is 66.1 Å². The van der Waals surface area contributed by atoms with E-state index in [0.717, 1.165) is 5.01 Å². The molecule has 2 aromatic rings. The van der Waals surface area contributed by atoms with Crippen LogP contribution in [0.3, 0.4) is 0 Å². The van der Waals surface area contributed by atoms with E-state index in [1.54, 1.807) is 0 Å². The first kappa shape index (κ1) is 6.48. The summed E-state index contributed by atoms with van der Waals surface area (Å²) in [5.41, 5.74) is -0.126. The molecule has 0 aliphatic carbocycles. The zero-order valence-corrected chi connectivity index (χ0v) is 6.63. The molecule has 0 atom stereocenters. The van der Waals surface area contributed by atoms with Crippen LogP contribution in [-0.4, -0.2) is 14.6 Å². The molecule has 0 N–H and O–H groups in total. The van der Waals surface area contributed by atoms with Gasteiger partial charge in [-0.2, -0.15) is 9.61 Å². The van der Waals surface area contributed by atoms with E-state index in [9.17, 15) is 4.79 Å². The van der Waals surface area contributed by atoms with Gasteiger partial charge in [-0.05, 0) is 6.92 Å². The maximum atomic E-state index is 11.1. The third-order valence-electron chi connectivity index (χ3n) is 1.27. The lowest BCUT2D eigenvalue weighted by Gasteiger charge is -1.83. The van der Waals surface area contributed by atoms with Crippen LogP contribution in [0.1, 0.15) is 5.01 Å². The van der Waals surface area contributed by atoms with Crippen LogP contribution in [0.15, 0.2) is 17.1 Å². The summed E-state index contributed by atoms with van der Waals surface area (Å²) < 4.78 is 1.31. The highest BCUT2D eigenvalue weighted by Gasteiger charge is 2.00. The molecular formula is C6H5N3OS. The third-order valence-corrected chi connectivity index (χ3v) is 2.11. The van der Waals surface area contributed by atoms with Crippen molar-refractivity contribution in [3.05, 3.63) is 27.6 Å². The average molecular weight is 167 g/mol. The second kappa shape index (κ2) is 2.13. The first-order valence-electron chi connectivity index (χ1n) is 3.09. The molecule has 4 nitrogen and oxygen atoms in total. The largest absolute Gasteiger partial charge is 0.275 e. The van der Waals surface area contributed by atoms with Crippen molar-refractivity contribution in [2.24, 2.45) is 0 Å². The second-order valence-corrected chi connectivity index (χ2v) is 3.26. The number of nitrogens with zero attached hydrogens (tertiary/aromatic N) is 3. The summed E-state index contributed by atoms with van der Waals surface area (Å²) in [7, 11) is 0. The number of rotatable bonds is 0. The van der Waals surface area contributed by atoms with Gasteiger partial charge in [-0.1, -0.05) is 11.3 Å². The van der Waals surface area contributed by atoms with Crippen LogP contribution >= 0.6 is 11.3 Å². The summed E-state index contributed by atoms with van der Waals surface area (Å²) in [5, 5.41) is 4.82. The van der Waals surface area contributed by atoms with Gasteiger partial charge in [0.1, 0.15) is 5.01 Å². The van der Waals surface area contributed by atoms with Gasteiger partial charge >= 0.3 is 0 Å². The van der Waals surface area contributed by atoms with E-state index >= 15 is 0 Å². The van der Waals surface area contributed by atoms with Gasteiger partial charge in [-0.3, -0.25) is 4.79 Å². The Bertz CT molecular complexity index is 444. The monoisotopic (exact) mass is 167 g/mol. The Hall–Kier alpha value is -1.23. The van der Waals surface area contributed by atoms with Crippen LogP contribution in [0.4, 0.5) is 0 Å². The Balaban J connectivity index is 3.02. The number of hydrogen-bond donors (Lipinski definition) is 0. The van der Waals surface area contributed by atoms with Crippen molar-refractivity contribution in [1.29, 1.82) is 0 Å². The van der Waals surface area contributed by atoms with E-state index < -0.39 is 0 Å². The quantitative estimate of drug-likeness (QED) is 0.572. The molecule has 11 heavy (non-hydrogen) atoms. The molecule has 2 aromatic heterocycles. The molecule has 5 heteroatoms. The predicted molar refractivity (Wildman–Crippen MR) is 41.9 cm³/mol. The number of aromatic nitrogens is 3. The van der Waals surface area contributed by atoms with Gasteiger partial charge in [-0.25, -0.2) is 4.98 Å². The standard InChI is InChI=1S/C6H5N3OS/c1-4-8-9-5(10)2-3-7-6(9)11-4/h2-3H,1H3. The van der Waals surface area contributed by atoms with Crippen LogP contribution in [0.5, 0.6) is 0 Å². The van der Waals surface area contributed by atoms with Crippen molar-refractivity contribution in [3.8, 4) is 0 Å². The molecule has 2 heterocycles. The van der Waals surface area contributed by atoms with Crippen LogP contribution in [0, 0.1) is 6.92 Å². The van der Waals surface area contributed by atoms with Crippen molar-refractivity contribution in [2.45, 2.75) is 6.92 Å². The summed E-state index contributed by atoms with van der Waals surface area (Å²) in [4.78, 5) is 15.7. The Morgan fingerprint density at radius 1 is 1.64 bits per heavy atom. The van der Waals surface area contributed by atoms with E-state index in [4.69, 9.17) is 0 Å². The fourth-order valence-electron chi connectivity index (χ4n) is 0.839. The van der Waals surface area contributed by atoms with E-state index in [1.165, 1.54) is 28.1 Å². The SMILES string of the molecule is Cc1nn2c(=O)ccnc2s1. The molecule has 0 bridgehead atoms. The Morgan fingerprint density at radius 2 is 2.45 bits per heavy atom. The molecule has 0 unspecified atom stereocenters. The van der Waals surface area contributed by atoms with E-state index in [2.05, 4.69) is 10.1 Å². The van der Waals surface area contributed by atoms with Crippen molar-refractivity contribution >= 4 is 16.3 Å². The predicted octanol–water partition coefficient (Wildman–Crippen LogP) is 0.459. The van der Waals surface area contributed by atoms with Crippen molar-refractivity contribution in [2.75, 3.05) is 0 Å². The summed E-state index contributed by atoms with van der Waals surface area (Å²) in [6.45, 7) is 1.85. The zero-order valence-electron chi connectivity index (χ0n) is 5.81. The molecule has 0 spiro atoms. The second-order valence-electron chi connectivity index (χ2n) is 2.10. The topological polar surface area (TPSA) is 47.3 Å². The Kier molecular flexibility index (Phi) is 1.25. The maximum absolute atomic E-state index is 11.1. The highest BCUT2D eigenvalue weighted by molar-refractivity contribution is 7.16. The van der Waals surface area contributed by atoms with Crippen LogP contribution in [-0.2, 0) is 0 Å². The van der Waals surface area contributed by atoms with Gasteiger partial charge in [0.15, 0.2) is 0 Å². The van der Waals surface area contributed by atoms with E-state index in [-0.39, 0.29) is 5.56 Å². The fraction of sp³-hybridized carbons (Fsp3) is 0.167. The zero-order chi connectivity index (χ0) is 7.84. The number of fused-ring (bicyclic) bond motifs is 1. The van der Waals surface area contributed by atoms with E-state index in [1.807, 2.05) is 6.92 Å². The van der Waals surface area contributed by atoms with Crippen molar-refractivity contribution in [1.82, 2.24) is 14.6 Å². The normalized spacial score (nSPS) is 10.6. The van der Waals surface area contributed by atoms with Crippen molar-refractivity contribution in [3.63, 3.8) is 0 Å². The van der Waals surface area contributed by atoms with Gasteiger partial charge in [0.2, 0.25) is 4.96 Å². The minimum absolute atomic E-state index is 0.126. The summed E-state index contributed by atoms with van der Waals surface area (Å²) in [6, 6.07) is 1.40. The minimum Gasteiger partial charge on any atom is -0.267 e. The molecule has 0 aliphatic heterocycles. The molecule has 0 saturated carbocycles. The first-order valence-corrected chi connectivity index (χ1v) is 3.90. The maximum Gasteiger partial charge on any atom is 0.275 e. The smallest absolute Gasteiger partial charge is 0.267 e. The molecule has 56 valence electrons. The lowest BCUT2D eigenvalue weighted by atomic mass is 10.7. The highest BCUT2D eigenvalue weighted by atomic mass is 32.1. The third kappa shape index (κ3) is 0.932. The van der Waals surface area contributed by atoms with Crippen molar-refractivity contribution < 1.29 is 0 Å². The Morgan fingerprint density at radius 3 is 3.18 bits per heavy atom. The van der Waals surface area contributed by atoms with Gasteiger partial charge in [-0.15, -0.1) is 0 Å². The molecule has 0 saturated heterocycles. The molecule has 0 aliphatic rings.